The highest BCUT2D eigenvalue weighted by Crippen LogP contribution is 2.18. The molecular weight excluding hydrogens is 238 g/mol. The van der Waals surface area contributed by atoms with Gasteiger partial charge in [-0.3, -0.25) is 4.79 Å². The molecule has 0 N–H and O–H groups in total. The zero-order valence-corrected chi connectivity index (χ0v) is 11.2. The first-order valence-electron chi connectivity index (χ1n) is 5.10. The quantitative estimate of drug-likeness (QED) is 0.351. The van der Waals surface area contributed by atoms with Crippen LogP contribution in [-0.2, 0) is 4.84 Å². The van der Waals surface area contributed by atoms with Gasteiger partial charge in [-0.1, -0.05) is 4.65 Å². The molecule has 0 aromatic heterocycles. The van der Waals surface area contributed by atoms with Gasteiger partial charge in [-0.25, -0.2) is 4.84 Å². The summed E-state index contributed by atoms with van der Waals surface area (Å²) in [6.45, 7) is 1.54. The van der Waals surface area contributed by atoms with E-state index >= 15 is 0 Å². The van der Waals surface area contributed by atoms with E-state index in [2.05, 4.69) is 12.2 Å². The summed E-state index contributed by atoms with van der Waals surface area (Å²) >= 11 is 4.63. The van der Waals surface area contributed by atoms with Gasteiger partial charge < -0.3 is 4.74 Å². The lowest BCUT2D eigenvalue weighted by Crippen LogP contribution is -2.10. The van der Waals surface area contributed by atoms with Gasteiger partial charge in [0.2, 0.25) is 0 Å². The maximum absolute atomic E-state index is 10.8. The molecule has 17 heavy (non-hydrogen) atoms. The standard InChI is InChI=1S/C9H10O2.C3H6NOS/c1-7(10)8-3-5-9(11-2)6-4-8;1-4(2)3(6)5-4/h3-6H,1-2H3;1-2H3/q;+1. The van der Waals surface area contributed by atoms with Crippen molar-refractivity contribution < 1.29 is 19.0 Å². The Balaban J connectivity index is 0.000000202. The van der Waals surface area contributed by atoms with Crippen LogP contribution in [0.2, 0.25) is 0 Å². The molecule has 1 aromatic rings. The van der Waals surface area contributed by atoms with Crippen LogP contribution in [0.3, 0.4) is 0 Å². The number of rotatable bonds is 2. The summed E-state index contributed by atoms with van der Waals surface area (Å²) in [5.74, 6) is 0.850. The Morgan fingerprint density at radius 3 is 1.94 bits per heavy atom. The smallest absolute Gasteiger partial charge is 0.457 e. The lowest BCUT2D eigenvalue weighted by atomic mass is 10.1. The van der Waals surface area contributed by atoms with E-state index in [1.807, 2.05) is 14.1 Å². The molecule has 0 spiro atoms. The minimum Gasteiger partial charge on any atom is -0.497 e. The third-order valence-electron chi connectivity index (χ3n) is 2.21. The summed E-state index contributed by atoms with van der Waals surface area (Å²) in [4.78, 5) is 15.6. The third-order valence-corrected chi connectivity index (χ3v) is 2.72. The van der Waals surface area contributed by atoms with Crippen molar-refractivity contribution in [2.45, 2.75) is 6.92 Å². The molecule has 0 unspecified atom stereocenters. The largest absolute Gasteiger partial charge is 0.497 e. The average molecular weight is 254 g/mol. The van der Waals surface area contributed by atoms with Crippen molar-refractivity contribution in [3.8, 4) is 5.75 Å². The minimum absolute atomic E-state index is 0.0765. The Hall–Kier alpha value is -1.46. The van der Waals surface area contributed by atoms with Crippen molar-refractivity contribution in [3.05, 3.63) is 29.8 Å². The first-order valence-corrected chi connectivity index (χ1v) is 5.50. The van der Waals surface area contributed by atoms with Gasteiger partial charge >= 0.3 is 5.17 Å². The summed E-state index contributed by atoms with van der Waals surface area (Å²) in [6.07, 6.45) is 0. The SMILES string of the molecule is COc1ccc(C(C)=O)cc1.C[N+]1(C)OC1=S. The number of quaternary nitrogens is 1. The van der Waals surface area contributed by atoms with E-state index in [0.717, 1.165) is 5.75 Å². The molecule has 0 amide bonds. The van der Waals surface area contributed by atoms with Crippen molar-refractivity contribution in [3.63, 3.8) is 0 Å². The van der Waals surface area contributed by atoms with Gasteiger partial charge in [0.1, 0.15) is 19.8 Å². The van der Waals surface area contributed by atoms with E-state index in [0.29, 0.717) is 15.4 Å². The Morgan fingerprint density at radius 2 is 1.71 bits per heavy atom. The fourth-order valence-corrected chi connectivity index (χ4v) is 1.19. The summed E-state index contributed by atoms with van der Waals surface area (Å²) in [6, 6.07) is 7.05. The van der Waals surface area contributed by atoms with Gasteiger partial charge in [0.25, 0.3) is 0 Å². The van der Waals surface area contributed by atoms with E-state index in [-0.39, 0.29) is 5.78 Å². The Morgan fingerprint density at radius 1 is 1.29 bits per heavy atom. The van der Waals surface area contributed by atoms with Crippen LogP contribution < -0.4 is 4.74 Å². The molecule has 1 aliphatic heterocycles. The van der Waals surface area contributed by atoms with Crippen LogP contribution in [0.5, 0.6) is 5.75 Å². The normalized spacial score (nSPS) is 15.2. The fraction of sp³-hybridized carbons (Fsp3) is 0.333. The molecule has 0 atom stereocenters. The number of ketones is 1. The second-order valence-corrected chi connectivity index (χ2v) is 4.34. The molecule has 5 heteroatoms. The van der Waals surface area contributed by atoms with Crippen molar-refractivity contribution >= 4 is 23.2 Å². The Labute approximate surface area is 106 Å². The molecule has 1 aliphatic rings. The van der Waals surface area contributed by atoms with Crippen LogP contribution in [-0.4, -0.2) is 36.8 Å². The number of thiocarbonyl (C=S) groups is 1. The number of hydroxylamine groups is 3. The van der Waals surface area contributed by atoms with Crippen molar-refractivity contribution in [2.24, 2.45) is 0 Å². The zero-order valence-electron chi connectivity index (χ0n) is 10.4. The molecule has 1 heterocycles. The van der Waals surface area contributed by atoms with Gasteiger partial charge in [0, 0.05) is 17.8 Å². The number of ether oxygens (including phenoxy) is 1. The second-order valence-electron chi connectivity index (χ2n) is 3.99. The summed E-state index contributed by atoms with van der Waals surface area (Å²) in [7, 11) is 5.38. The molecule has 0 radical (unpaired) electrons. The predicted octanol–water partition coefficient (Wildman–Crippen LogP) is 2.19. The molecule has 92 valence electrons. The van der Waals surface area contributed by atoms with Crippen LogP contribution in [0, 0.1) is 0 Å². The molecule has 0 aliphatic carbocycles. The number of hydrogen-bond acceptors (Lipinski definition) is 4. The van der Waals surface area contributed by atoms with Crippen LogP contribution in [0.1, 0.15) is 17.3 Å². The third kappa shape index (κ3) is 4.13. The highest BCUT2D eigenvalue weighted by atomic mass is 32.1. The van der Waals surface area contributed by atoms with Gasteiger partial charge in [0.05, 0.1) is 7.11 Å². The minimum atomic E-state index is 0.0765. The number of benzene rings is 1. The van der Waals surface area contributed by atoms with Crippen LogP contribution >= 0.6 is 12.2 Å². The number of carbonyl (C=O) groups is 1. The van der Waals surface area contributed by atoms with Crippen LogP contribution in [0.15, 0.2) is 24.3 Å². The van der Waals surface area contributed by atoms with Crippen molar-refractivity contribution in [1.82, 2.24) is 0 Å². The summed E-state index contributed by atoms with van der Waals surface area (Å²) < 4.78 is 5.41. The van der Waals surface area contributed by atoms with Crippen LogP contribution in [0.4, 0.5) is 0 Å². The van der Waals surface area contributed by atoms with Gasteiger partial charge in [-0.05, 0) is 31.2 Å². The van der Waals surface area contributed by atoms with Gasteiger partial charge in [-0.2, -0.15) is 0 Å². The van der Waals surface area contributed by atoms with Gasteiger partial charge in [-0.15, -0.1) is 0 Å². The topological polar surface area (TPSA) is 38.8 Å². The van der Waals surface area contributed by atoms with E-state index in [4.69, 9.17) is 9.57 Å². The number of hydrogen-bond donors (Lipinski definition) is 0. The molecule has 1 fully saturated rings. The number of carbonyl (C=O) groups excluding carboxylic acids is 1. The number of methoxy groups -OCH3 is 1. The van der Waals surface area contributed by atoms with Crippen molar-refractivity contribution in [2.75, 3.05) is 21.2 Å². The highest BCUT2D eigenvalue weighted by Gasteiger charge is 2.47. The molecule has 4 nitrogen and oxygen atoms in total. The number of Topliss-reactive ketones (excluding diaryl/α,β-unsaturated/α-hetero) is 1. The van der Waals surface area contributed by atoms with Gasteiger partial charge in [0.15, 0.2) is 5.78 Å². The average Bonchev–Trinajstić information content (AvgIpc) is 2.84. The van der Waals surface area contributed by atoms with E-state index in [9.17, 15) is 4.79 Å². The van der Waals surface area contributed by atoms with E-state index < -0.39 is 0 Å². The molecule has 1 saturated heterocycles. The fourth-order valence-electron chi connectivity index (χ4n) is 1.00. The summed E-state index contributed by atoms with van der Waals surface area (Å²) in [5.41, 5.74) is 0.714. The monoisotopic (exact) mass is 254 g/mol. The van der Waals surface area contributed by atoms with E-state index in [1.165, 1.54) is 0 Å². The molecule has 0 saturated carbocycles. The van der Waals surface area contributed by atoms with E-state index in [1.54, 1.807) is 38.3 Å². The highest BCUT2D eigenvalue weighted by molar-refractivity contribution is 7.80. The maximum Gasteiger partial charge on any atom is 0.457 e. The zero-order chi connectivity index (χ0) is 13.1. The Kier molecular flexibility index (Phi) is 4.20. The second kappa shape index (κ2) is 5.25. The first kappa shape index (κ1) is 13.6. The summed E-state index contributed by atoms with van der Waals surface area (Å²) in [5, 5.41) is 0.676. The molecule has 2 rings (SSSR count). The molecule has 1 aromatic carbocycles. The Bertz CT molecular complexity index is 426. The van der Waals surface area contributed by atoms with Crippen molar-refractivity contribution in [1.29, 1.82) is 0 Å². The number of nitrogens with zero attached hydrogens (tertiary/aromatic N) is 1. The maximum atomic E-state index is 10.8. The lowest BCUT2D eigenvalue weighted by molar-refractivity contribution is -0.854. The predicted molar refractivity (Wildman–Crippen MR) is 68.8 cm³/mol. The van der Waals surface area contributed by atoms with Crippen LogP contribution in [0.25, 0.3) is 0 Å². The lowest BCUT2D eigenvalue weighted by Gasteiger charge is -1.98. The first-order chi connectivity index (χ1) is 7.86. The molecular formula is C12H16NO3S+. The molecule has 0 bridgehead atoms.